The highest BCUT2D eigenvalue weighted by Crippen LogP contribution is 2.25. The van der Waals surface area contributed by atoms with Crippen molar-refractivity contribution < 1.29 is 22.4 Å². The van der Waals surface area contributed by atoms with Crippen LogP contribution in [-0.2, 0) is 32.6 Å². The van der Waals surface area contributed by atoms with Gasteiger partial charge in [-0.25, -0.2) is 12.8 Å². The molecule has 0 bridgehead atoms. The van der Waals surface area contributed by atoms with Crippen LogP contribution >= 0.6 is 27.5 Å². The van der Waals surface area contributed by atoms with Crippen molar-refractivity contribution in [3.63, 3.8) is 0 Å². The molecule has 0 aliphatic heterocycles. The highest BCUT2D eigenvalue weighted by atomic mass is 79.9. The Morgan fingerprint density at radius 1 is 1.02 bits per heavy atom. The quantitative estimate of drug-likeness (QED) is 0.278. The normalized spacial score (nSPS) is 12.8. The van der Waals surface area contributed by atoms with Crippen LogP contribution in [0.1, 0.15) is 31.4 Å². The fourth-order valence-electron chi connectivity index (χ4n) is 4.08. The standard InChI is InChI=1S/C29H32BrClFN3O4S/c1-4-20(2)33-29(37)27(16-21-9-6-5-7-10-21)34(18-22-11-8-12-23(30)15-22)28(36)19-35(40(3,38)39)24-13-14-26(32)25(31)17-24/h5-15,17,20,27H,4,16,18-19H2,1-3H3,(H,33,37)/t20-,27+/m0/s1. The Hall–Kier alpha value is -2.95. The number of sulfonamides is 1. The van der Waals surface area contributed by atoms with Crippen molar-refractivity contribution in [2.45, 2.75) is 45.3 Å². The molecule has 3 aromatic rings. The molecule has 0 heterocycles. The van der Waals surface area contributed by atoms with Crippen LogP contribution in [0.15, 0.2) is 77.3 Å². The molecule has 0 fully saturated rings. The van der Waals surface area contributed by atoms with Crippen LogP contribution in [0.3, 0.4) is 0 Å². The molecule has 1 N–H and O–H groups in total. The van der Waals surface area contributed by atoms with E-state index < -0.39 is 34.3 Å². The summed E-state index contributed by atoms with van der Waals surface area (Å²) in [5, 5.41) is 2.70. The van der Waals surface area contributed by atoms with E-state index in [1.165, 1.54) is 11.0 Å². The smallest absolute Gasteiger partial charge is 0.244 e. The zero-order chi connectivity index (χ0) is 29.4. The number of anilines is 1. The first kappa shape index (κ1) is 31.6. The van der Waals surface area contributed by atoms with Gasteiger partial charge in [0, 0.05) is 23.5 Å². The summed E-state index contributed by atoms with van der Waals surface area (Å²) in [5.74, 6) is -1.67. The SMILES string of the molecule is CC[C@H](C)NC(=O)[C@@H](Cc1ccccc1)N(Cc1cccc(Br)c1)C(=O)CN(c1ccc(F)c(Cl)c1)S(C)(=O)=O. The predicted molar refractivity (Wildman–Crippen MR) is 160 cm³/mol. The van der Waals surface area contributed by atoms with Gasteiger partial charge in [-0.3, -0.25) is 13.9 Å². The van der Waals surface area contributed by atoms with E-state index in [1.54, 1.807) is 0 Å². The fourth-order valence-corrected chi connectivity index (χ4v) is 5.54. The number of nitrogens with zero attached hydrogens (tertiary/aromatic N) is 2. The first-order valence-electron chi connectivity index (χ1n) is 12.7. The Balaban J connectivity index is 2.07. The van der Waals surface area contributed by atoms with Gasteiger partial charge in [0.15, 0.2) is 0 Å². The lowest BCUT2D eigenvalue weighted by molar-refractivity contribution is -0.140. The highest BCUT2D eigenvalue weighted by molar-refractivity contribution is 9.10. The lowest BCUT2D eigenvalue weighted by Crippen LogP contribution is -2.54. The Morgan fingerprint density at radius 2 is 1.70 bits per heavy atom. The van der Waals surface area contributed by atoms with Crippen LogP contribution < -0.4 is 9.62 Å². The molecular formula is C29H32BrClFN3O4S. The molecule has 2 amide bonds. The summed E-state index contributed by atoms with van der Waals surface area (Å²) in [7, 11) is -3.99. The van der Waals surface area contributed by atoms with E-state index in [-0.39, 0.29) is 35.6 Å². The second kappa shape index (κ2) is 14.1. The molecule has 0 radical (unpaired) electrons. The maximum absolute atomic E-state index is 14.0. The molecule has 214 valence electrons. The van der Waals surface area contributed by atoms with E-state index in [4.69, 9.17) is 11.6 Å². The highest BCUT2D eigenvalue weighted by Gasteiger charge is 2.33. The summed E-state index contributed by atoms with van der Waals surface area (Å²) in [5.41, 5.74) is 1.62. The van der Waals surface area contributed by atoms with Crippen molar-refractivity contribution in [2.24, 2.45) is 0 Å². The monoisotopic (exact) mass is 651 g/mol. The van der Waals surface area contributed by atoms with Crippen LogP contribution in [0.4, 0.5) is 10.1 Å². The van der Waals surface area contributed by atoms with Gasteiger partial charge in [0.25, 0.3) is 0 Å². The van der Waals surface area contributed by atoms with Gasteiger partial charge in [-0.15, -0.1) is 0 Å². The number of hydrogen-bond donors (Lipinski definition) is 1. The Labute approximate surface area is 248 Å². The molecule has 0 aliphatic rings. The molecule has 3 aromatic carbocycles. The van der Waals surface area contributed by atoms with Crippen molar-refractivity contribution in [3.8, 4) is 0 Å². The Kier molecular flexibility index (Phi) is 11.1. The van der Waals surface area contributed by atoms with E-state index in [0.717, 1.165) is 38.3 Å². The van der Waals surface area contributed by atoms with Gasteiger partial charge in [-0.2, -0.15) is 0 Å². The lowest BCUT2D eigenvalue weighted by Gasteiger charge is -2.34. The minimum absolute atomic E-state index is 0.0355. The molecule has 0 spiro atoms. The molecule has 11 heteroatoms. The second-order valence-corrected chi connectivity index (χ2v) is 12.8. The third kappa shape index (κ3) is 8.78. The van der Waals surface area contributed by atoms with E-state index >= 15 is 0 Å². The van der Waals surface area contributed by atoms with Gasteiger partial charge >= 0.3 is 0 Å². The van der Waals surface area contributed by atoms with E-state index in [9.17, 15) is 22.4 Å². The van der Waals surface area contributed by atoms with Crippen molar-refractivity contribution in [2.75, 3.05) is 17.1 Å². The van der Waals surface area contributed by atoms with Crippen LogP contribution in [0.5, 0.6) is 0 Å². The van der Waals surface area contributed by atoms with Crippen LogP contribution in [-0.4, -0.2) is 50.0 Å². The largest absolute Gasteiger partial charge is 0.352 e. The Bertz CT molecular complexity index is 1440. The molecule has 0 saturated heterocycles. The van der Waals surface area contributed by atoms with Gasteiger partial charge in [0.05, 0.1) is 17.0 Å². The molecule has 3 rings (SSSR count). The summed E-state index contributed by atoms with van der Waals surface area (Å²) in [6, 6.07) is 19.0. The molecule has 7 nitrogen and oxygen atoms in total. The topological polar surface area (TPSA) is 86.8 Å². The first-order valence-corrected chi connectivity index (χ1v) is 15.7. The van der Waals surface area contributed by atoms with Gasteiger partial charge in [-0.05, 0) is 54.8 Å². The third-order valence-electron chi connectivity index (χ3n) is 6.38. The molecule has 0 unspecified atom stereocenters. The van der Waals surface area contributed by atoms with Crippen molar-refractivity contribution in [1.82, 2.24) is 10.2 Å². The summed E-state index contributed by atoms with van der Waals surface area (Å²) in [6.45, 7) is 3.25. The van der Waals surface area contributed by atoms with E-state index in [1.807, 2.05) is 68.4 Å². The van der Waals surface area contributed by atoms with Gasteiger partial charge in [-0.1, -0.05) is 76.9 Å². The molecule has 40 heavy (non-hydrogen) atoms. The van der Waals surface area contributed by atoms with Crippen LogP contribution in [0.25, 0.3) is 0 Å². The lowest BCUT2D eigenvalue weighted by atomic mass is 10.0. The zero-order valence-electron chi connectivity index (χ0n) is 22.5. The van der Waals surface area contributed by atoms with Gasteiger partial charge in [0.1, 0.15) is 18.4 Å². The maximum Gasteiger partial charge on any atom is 0.244 e. The molecule has 0 aliphatic carbocycles. The summed E-state index contributed by atoms with van der Waals surface area (Å²) in [6.07, 6.45) is 1.86. The minimum Gasteiger partial charge on any atom is -0.352 e. The number of benzene rings is 3. The zero-order valence-corrected chi connectivity index (χ0v) is 25.6. The number of halogens is 3. The summed E-state index contributed by atoms with van der Waals surface area (Å²) >= 11 is 9.37. The van der Waals surface area contributed by atoms with Crippen molar-refractivity contribution >= 4 is 55.1 Å². The average molecular weight is 653 g/mol. The number of hydrogen-bond acceptors (Lipinski definition) is 4. The number of amides is 2. The molecule has 2 atom stereocenters. The molecule has 0 aromatic heterocycles. The predicted octanol–water partition coefficient (Wildman–Crippen LogP) is 5.56. The summed E-state index contributed by atoms with van der Waals surface area (Å²) < 4.78 is 41.1. The average Bonchev–Trinajstić information content (AvgIpc) is 2.90. The van der Waals surface area contributed by atoms with Crippen molar-refractivity contribution in [3.05, 3.63) is 99.2 Å². The molecule has 0 saturated carbocycles. The van der Waals surface area contributed by atoms with Crippen LogP contribution in [0.2, 0.25) is 5.02 Å². The fraction of sp³-hybridized carbons (Fsp3) is 0.310. The van der Waals surface area contributed by atoms with Crippen molar-refractivity contribution in [1.29, 1.82) is 0 Å². The Morgan fingerprint density at radius 3 is 2.30 bits per heavy atom. The first-order chi connectivity index (χ1) is 18.9. The number of nitrogens with one attached hydrogen (secondary N) is 1. The van der Waals surface area contributed by atoms with Crippen LogP contribution in [0, 0.1) is 5.82 Å². The number of carbonyl (C=O) groups is 2. The number of rotatable bonds is 12. The van der Waals surface area contributed by atoms with E-state index in [0.29, 0.717) is 6.42 Å². The second-order valence-electron chi connectivity index (χ2n) is 9.54. The van der Waals surface area contributed by atoms with E-state index in [2.05, 4.69) is 21.2 Å². The summed E-state index contributed by atoms with van der Waals surface area (Å²) in [4.78, 5) is 29.1. The minimum atomic E-state index is -3.99. The van der Waals surface area contributed by atoms with Gasteiger partial charge < -0.3 is 10.2 Å². The molecular weight excluding hydrogens is 621 g/mol. The third-order valence-corrected chi connectivity index (χ3v) is 8.31. The maximum atomic E-state index is 14.0. The number of carbonyl (C=O) groups excluding carboxylic acids is 2. The van der Waals surface area contributed by atoms with Gasteiger partial charge in [0.2, 0.25) is 21.8 Å².